The summed E-state index contributed by atoms with van der Waals surface area (Å²) in [6.07, 6.45) is 4.14. The summed E-state index contributed by atoms with van der Waals surface area (Å²) in [6, 6.07) is 14.9. The number of para-hydroxylation sites is 1. The molecule has 2 atom stereocenters. The van der Waals surface area contributed by atoms with Crippen LogP contribution >= 0.6 is 22.9 Å². The van der Waals surface area contributed by atoms with Gasteiger partial charge in [-0.3, -0.25) is 4.79 Å². The van der Waals surface area contributed by atoms with Crippen molar-refractivity contribution in [2.24, 2.45) is 11.3 Å². The Balaban J connectivity index is 1.55. The van der Waals surface area contributed by atoms with E-state index in [-0.39, 0.29) is 5.41 Å². The Hall–Kier alpha value is -3.55. The van der Waals surface area contributed by atoms with E-state index in [2.05, 4.69) is 48.6 Å². The minimum Gasteiger partial charge on any atom is -0.449 e. The summed E-state index contributed by atoms with van der Waals surface area (Å²) >= 11 is 7.56. The monoisotopic (exact) mass is 559 g/mol. The van der Waals surface area contributed by atoms with Crippen LogP contribution in [0.15, 0.2) is 60.1 Å². The third-order valence-electron chi connectivity index (χ3n) is 7.13. The molecule has 0 aliphatic heterocycles. The van der Waals surface area contributed by atoms with Crippen molar-refractivity contribution in [3.05, 3.63) is 86.8 Å². The number of hydrogen-bond acceptors (Lipinski definition) is 6. The number of nitrogens with zero attached hydrogens (tertiary/aromatic N) is 2. The lowest BCUT2D eigenvalue weighted by molar-refractivity contribution is -0.123. The van der Waals surface area contributed by atoms with E-state index in [0.29, 0.717) is 28.7 Å². The molecule has 0 bridgehead atoms. The molecule has 1 N–H and O–H groups in total. The highest BCUT2D eigenvalue weighted by molar-refractivity contribution is 7.10. The number of nitrogens with one attached hydrogen (secondary N) is 1. The Kier molecular flexibility index (Phi) is 7.56. The maximum absolute atomic E-state index is 13.8. The summed E-state index contributed by atoms with van der Waals surface area (Å²) in [5, 5.41) is 5.91. The number of allylic oxidation sites excluding steroid dienone is 1. The molecular formula is C31H30ClN3O3S. The molecule has 0 fully saturated rings. The first-order valence-electron chi connectivity index (χ1n) is 12.9. The number of carbonyl (C=O) groups is 2. The van der Waals surface area contributed by atoms with Gasteiger partial charge in [0.2, 0.25) is 0 Å². The second-order valence-corrected chi connectivity index (χ2v) is 12.3. The van der Waals surface area contributed by atoms with Gasteiger partial charge in [-0.15, -0.1) is 11.3 Å². The number of amides is 1. The van der Waals surface area contributed by atoms with Crippen LogP contribution in [0, 0.1) is 11.3 Å². The normalized spacial score (nSPS) is 17.1. The SMILES string of the molecule is C[C@H](OC(=O)c1c2c(nc3ccccc13)/C(=C\c1cccs1)C[C@H](C(C)(C)C)C2)C(=O)Nc1ccc(Cl)cn1. The maximum Gasteiger partial charge on any atom is 0.339 e. The molecule has 0 spiro atoms. The van der Waals surface area contributed by atoms with E-state index in [1.807, 2.05) is 30.3 Å². The maximum atomic E-state index is 13.8. The summed E-state index contributed by atoms with van der Waals surface area (Å²) in [4.78, 5) is 37.0. The van der Waals surface area contributed by atoms with Crippen molar-refractivity contribution in [3.8, 4) is 0 Å². The quantitative estimate of drug-likeness (QED) is 0.254. The number of pyridine rings is 2. The molecule has 0 unspecified atom stereocenters. The number of carbonyl (C=O) groups excluding carboxylic acids is 2. The number of aromatic nitrogens is 2. The summed E-state index contributed by atoms with van der Waals surface area (Å²) in [5.41, 5.74) is 4.02. The Morgan fingerprint density at radius 1 is 1.13 bits per heavy atom. The number of fused-ring (bicyclic) bond motifs is 2. The number of esters is 1. The standard InChI is InChI=1S/C31H30ClN3O3S/c1-18(29(36)35-26-12-11-21(32)17-33-26)38-30(37)27-23-9-5-6-10-25(23)34-28-19(15-22-8-7-13-39-22)14-20(16-24(27)28)31(2,3)4/h5-13,15,17-18,20H,14,16H2,1-4H3,(H,33,35,36)/b19-15-/t18-,20-/m0/s1. The summed E-state index contributed by atoms with van der Waals surface area (Å²) in [7, 11) is 0. The molecule has 0 saturated carbocycles. The lowest BCUT2D eigenvalue weighted by Crippen LogP contribution is -2.32. The minimum absolute atomic E-state index is 0.0117. The molecule has 1 aliphatic rings. The van der Waals surface area contributed by atoms with E-state index in [4.69, 9.17) is 21.3 Å². The molecule has 3 heterocycles. The smallest absolute Gasteiger partial charge is 0.339 e. The lowest BCUT2D eigenvalue weighted by Gasteiger charge is -2.36. The second-order valence-electron chi connectivity index (χ2n) is 10.9. The molecule has 1 amide bonds. The van der Waals surface area contributed by atoms with Crippen molar-refractivity contribution in [2.75, 3.05) is 5.32 Å². The number of anilines is 1. The zero-order valence-corrected chi connectivity index (χ0v) is 23.9. The molecule has 6 nitrogen and oxygen atoms in total. The van der Waals surface area contributed by atoms with Gasteiger partial charge in [-0.1, -0.05) is 56.6 Å². The van der Waals surface area contributed by atoms with E-state index < -0.39 is 18.0 Å². The van der Waals surface area contributed by atoms with Crippen LogP contribution in [0.2, 0.25) is 5.02 Å². The first-order valence-corrected chi connectivity index (χ1v) is 14.2. The van der Waals surface area contributed by atoms with Gasteiger partial charge in [0.1, 0.15) is 5.82 Å². The lowest BCUT2D eigenvalue weighted by atomic mass is 9.69. The van der Waals surface area contributed by atoms with Gasteiger partial charge in [-0.2, -0.15) is 0 Å². The number of ether oxygens (including phenoxy) is 1. The third-order valence-corrected chi connectivity index (χ3v) is 8.18. The van der Waals surface area contributed by atoms with Crippen molar-refractivity contribution in [1.82, 2.24) is 9.97 Å². The van der Waals surface area contributed by atoms with E-state index in [1.54, 1.807) is 30.4 Å². The van der Waals surface area contributed by atoms with Gasteiger partial charge >= 0.3 is 5.97 Å². The predicted molar refractivity (Wildman–Crippen MR) is 158 cm³/mol. The number of halogens is 1. The number of hydrogen-bond donors (Lipinski definition) is 1. The zero-order chi connectivity index (χ0) is 27.7. The van der Waals surface area contributed by atoms with Crippen LogP contribution in [-0.4, -0.2) is 27.9 Å². The average molecular weight is 560 g/mol. The molecule has 1 aromatic carbocycles. The van der Waals surface area contributed by atoms with Crippen LogP contribution in [0.1, 0.15) is 60.6 Å². The predicted octanol–water partition coefficient (Wildman–Crippen LogP) is 7.68. The fraction of sp³-hybridized carbons (Fsp3) is 0.290. The summed E-state index contributed by atoms with van der Waals surface area (Å²) in [5.74, 6) is -0.393. The number of rotatable bonds is 5. The molecular weight excluding hydrogens is 530 g/mol. The van der Waals surface area contributed by atoms with Crippen LogP contribution in [0.3, 0.4) is 0 Å². The van der Waals surface area contributed by atoms with Gasteiger partial charge in [-0.05, 0) is 78.0 Å². The minimum atomic E-state index is -1.04. The van der Waals surface area contributed by atoms with Crippen molar-refractivity contribution in [3.63, 3.8) is 0 Å². The van der Waals surface area contributed by atoms with E-state index >= 15 is 0 Å². The molecule has 0 radical (unpaired) electrons. The second kappa shape index (κ2) is 10.9. The van der Waals surface area contributed by atoms with Gasteiger partial charge in [0.15, 0.2) is 6.10 Å². The fourth-order valence-electron chi connectivity index (χ4n) is 4.87. The summed E-state index contributed by atoms with van der Waals surface area (Å²) < 4.78 is 5.78. The molecule has 200 valence electrons. The Labute approximate surface area is 237 Å². The van der Waals surface area contributed by atoms with Crippen LogP contribution in [0.5, 0.6) is 0 Å². The highest BCUT2D eigenvalue weighted by Crippen LogP contribution is 2.45. The highest BCUT2D eigenvalue weighted by Gasteiger charge is 2.36. The number of benzene rings is 1. The fourth-order valence-corrected chi connectivity index (χ4v) is 5.66. The first kappa shape index (κ1) is 27.0. The van der Waals surface area contributed by atoms with Crippen LogP contribution < -0.4 is 5.32 Å². The third kappa shape index (κ3) is 5.89. The van der Waals surface area contributed by atoms with E-state index in [9.17, 15) is 9.59 Å². The molecule has 8 heteroatoms. The molecule has 5 rings (SSSR count). The van der Waals surface area contributed by atoms with Crippen LogP contribution in [0.25, 0.3) is 22.6 Å². The highest BCUT2D eigenvalue weighted by atomic mass is 35.5. The molecule has 39 heavy (non-hydrogen) atoms. The van der Waals surface area contributed by atoms with Crippen molar-refractivity contribution < 1.29 is 14.3 Å². The molecule has 1 aliphatic carbocycles. The zero-order valence-electron chi connectivity index (χ0n) is 22.3. The Bertz CT molecular complexity index is 1560. The molecule has 0 saturated heterocycles. The van der Waals surface area contributed by atoms with Crippen molar-refractivity contribution in [2.45, 2.75) is 46.6 Å². The van der Waals surface area contributed by atoms with E-state index in [0.717, 1.165) is 39.0 Å². The Morgan fingerprint density at radius 3 is 2.62 bits per heavy atom. The van der Waals surface area contributed by atoms with Crippen molar-refractivity contribution in [1.29, 1.82) is 0 Å². The van der Waals surface area contributed by atoms with Gasteiger partial charge < -0.3 is 10.1 Å². The Morgan fingerprint density at radius 2 is 1.92 bits per heavy atom. The molecule has 4 aromatic rings. The van der Waals surface area contributed by atoms with Gasteiger partial charge in [0.25, 0.3) is 5.91 Å². The van der Waals surface area contributed by atoms with Crippen LogP contribution in [-0.2, 0) is 16.0 Å². The summed E-state index contributed by atoms with van der Waals surface area (Å²) in [6.45, 7) is 8.25. The molecule has 3 aromatic heterocycles. The van der Waals surface area contributed by atoms with Crippen LogP contribution in [0.4, 0.5) is 5.82 Å². The van der Waals surface area contributed by atoms with Gasteiger partial charge in [0, 0.05) is 16.5 Å². The van der Waals surface area contributed by atoms with Crippen molar-refractivity contribution >= 4 is 63.2 Å². The van der Waals surface area contributed by atoms with Gasteiger partial charge in [0.05, 0.1) is 21.8 Å². The first-order chi connectivity index (χ1) is 18.6. The topological polar surface area (TPSA) is 81.2 Å². The number of thiophene rings is 1. The van der Waals surface area contributed by atoms with E-state index in [1.165, 1.54) is 6.20 Å². The van der Waals surface area contributed by atoms with Gasteiger partial charge in [-0.25, -0.2) is 14.8 Å². The average Bonchev–Trinajstić information content (AvgIpc) is 3.41. The largest absolute Gasteiger partial charge is 0.449 e.